The first kappa shape index (κ1) is 14.7. The second-order valence-electron chi connectivity index (χ2n) is 4.77. The number of nitrogens with one attached hydrogen (secondary N) is 1. The molecule has 0 atom stereocenters. The second kappa shape index (κ2) is 6.50. The fourth-order valence-electron chi connectivity index (χ4n) is 2.46. The molecule has 0 aliphatic heterocycles. The van der Waals surface area contributed by atoms with E-state index in [9.17, 15) is 0 Å². The quantitative estimate of drug-likeness (QED) is 0.790. The van der Waals surface area contributed by atoms with E-state index in [1.165, 1.54) is 41.3 Å². The molecule has 0 amide bonds. The maximum atomic E-state index is 4.79. The summed E-state index contributed by atoms with van der Waals surface area (Å²) in [6.07, 6.45) is 4.76. The Morgan fingerprint density at radius 2 is 1.71 bits per heavy atom. The number of nitrogens with zero attached hydrogens (tertiary/aromatic N) is 1. The number of aryl methyl sites for hydroxylation is 2. The molecule has 0 unspecified atom stereocenters. The van der Waals surface area contributed by atoms with Crippen LogP contribution in [0.25, 0.3) is 0 Å². The summed E-state index contributed by atoms with van der Waals surface area (Å²) in [5.41, 5.74) is 1.31. The molecular weight excluding hydrogens is 228 g/mol. The summed E-state index contributed by atoms with van der Waals surface area (Å²) in [5, 5.41) is 4.99. The molecule has 1 heterocycles. The van der Waals surface area contributed by atoms with Crippen LogP contribution in [-0.4, -0.2) is 11.5 Å². The van der Waals surface area contributed by atoms with Crippen molar-refractivity contribution in [2.75, 3.05) is 6.54 Å². The van der Waals surface area contributed by atoms with Crippen molar-refractivity contribution in [2.24, 2.45) is 0 Å². The third kappa shape index (κ3) is 3.29. The molecule has 0 aromatic carbocycles. The van der Waals surface area contributed by atoms with Crippen molar-refractivity contribution in [3.05, 3.63) is 15.6 Å². The molecule has 0 aliphatic carbocycles. The molecule has 1 aromatic rings. The van der Waals surface area contributed by atoms with Gasteiger partial charge in [0.05, 0.1) is 11.2 Å². The monoisotopic (exact) mass is 254 g/mol. The highest BCUT2D eigenvalue weighted by atomic mass is 32.1. The van der Waals surface area contributed by atoms with E-state index in [0.29, 0.717) is 0 Å². The molecule has 1 rings (SSSR count). The van der Waals surface area contributed by atoms with Crippen LogP contribution >= 0.6 is 11.3 Å². The third-order valence-electron chi connectivity index (χ3n) is 3.31. The summed E-state index contributed by atoms with van der Waals surface area (Å²) in [6.45, 7) is 12.0. The van der Waals surface area contributed by atoms with E-state index in [4.69, 9.17) is 4.98 Å². The molecule has 17 heavy (non-hydrogen) atoms. The lowest BCUT2D eigenvalue weighted by molar-refractivity contribution is 0.285. The van der Waals surface area contributed by atoms with Crippen LogP contribution < -0.4 is 5.32 Å². The number of rotatable bonds is 7. The minimum absolute atomic E-state index is 0.113. The molecule has 0 radical (unpaired) electrons. The summed E-state index contributed by atoms with van der Waals surface area (Å²) in [5.74, 6) is 0. The van der Waals surface area contributed by atoms with Crippen LogP contribution in [0.15, 0.2) is 0 Å². The van der Waals surface area contributed by atoms with Crippen molar-refractivity contribution in [3.63, 3.8) is 0 Å². The van der Waals surface area contributed by atoms with Gasteiger partial charge in [0.1, 0.15) is 5.01 Å². The van der Waals surface area contributed by atoms with Gasteiger partial charge in [-0.25, -0.2) is 4.98 Å². The van der Waals surface area contributed by atoms with Gasteiger partial charge in [0, 0.05) is 4.88 Å². The van der Waals surface area contributed by atoms with Gasteiger partial charge >= 0.3 is 0 Å². The van der Waals surface area contributed by atoms with Crippen molar-refractivity contribution in [3.8, 4) is 0 Å². The van der Waals surface area contributed by atoms with E-state index >= 15 is 0 Å². The first-order valence-electron chi connectivity index (χ1n) is 6.79. The highest BCUT2D eigenvalue weighted by Crippen LogP contribution is 2.35. The molecule has 1 N–H and O–H groups in total. The molecular formula is C14H26N2S. The lowest BCUT2D eigenvalue weighted by atomic mass is 9.89. The molecule has 1 aromatic heterocycles. The van der Waals surface area contributed by atoms with Crippen LogP contribution in [0, 0.1) is 13.8 Å². The predicted molar refractivity (Wildman–Crippen MR) is 76.8 cm³/mol. The van der Waals surface area contributed by atoms with Crippen LogP contribution in [-0.2, 0) is 5.54 Å². The minimum Gasteiger partial charge on any atom is -0.306 e. The van der Waals surface area contributed by atoms with Gasteiger partial charge in [-0.3, -0.25) is 0 Å². The van der Waals surface area contributed by atoms with E-state index in [1.807, 2.05) is 11.3 Å². The van der Waals surface area contributed by atoms with Gasteiger partial charge in [0.15, 0.2) is 0 Å². The SMILES string of the molecule is CCCC(CCC)(NCC)c1nc(C)c(C)s1. The van der Waals surface area contributed by atoms with Crippen molar-refractivity contribution in [2.45, 2.75) is 65.8 Å². The van der Waals surface area contributed by atoms with E-state index < -0.39 is 0 Å². The van der Waals surface area contributed by atoms with Gasteiger partial charge in [-0.15, -0.1) is 11.3 Å². The van der Waals surface area contributed by atoms with Crippen LogP contribution in [0.1, 0.15) is 62.0 Å². The zero-order valence-corrected chi connectivity index (χ0v) is 12.7. The molecule has 0 saturated carbocycles. The number of hydrogen-bond donors (Lipinski definition) is 1. The largest absolute Gasteiger partial charge is 0.306 e. The lowest BCUT2D eigenvalue weighted by Crippen LogP contribution is -2.42. The normalized spacial score (nSPS) is 12.1. The Kier molecular flexibility index (Phi) is 5.60. The van der Waals surface area contributed by atoms with Gasteiger partial charge in [0.2, 0.25) is 0 Å². The molecule has 0 aliphatic rings. The van der Waals surface area contributed by atoms with Crippen molar-refractivity contribution in [1.29, 1.82) is 0 Å². The van der Waals surface area contributed by atoms with Crippen molar-refractivity contribution in [1.82, 2.24) is 10.3 Å². The van der Waals surface area contributed by atoms with Crippen molar-refractivity contribution < 1.29 is 0 Å². The Labute approximate surface area is 110 Å². The average Bonchev–Trinajstić information content (AvgIpc) is 2.61. The topological polar surface area (TPSA) is 24.9 Å². The van der Waals surface area contributed by atoms with Crippen LogP contribution in [0.3, 0.4) is 0 Å². The van der Waals surface area contributed by atoms with Crippen molar-refractivity contribution >= 4 is 11.3 Å². The third-order valence-corrected chi connectivity index (χ3v) is 4.58. The fraction of sp³-hybridized carbons (Fsp3) is 0.786. The van der Waals surface area contributed by atoms with E-state index in [2.05, 4.69) is 39.9 Å². The first-order chi connectivity index (χ1) is 8.09. The number of aromatic nitrogens is 1. The Hall–Kier alpha value is -0.410. The Morgan fingerprint density at radius 1 is 1.12 bits per heavy atom. The van der Waals surface area contributed by atoms with E-state index in [-0.39, 0.29) is 5.54 Å². The first-order valence-corrected chi connectivity index (χ1v) is 7.60. The molecule has 98 valence electrons. The molecule has 0 bridgehead atoms. The van der Waals surface area contributed by atoms with Crippen LogP contribution in [0.2, 0.25) is 0 Å². The lowest BCUT2D eigenvalue weighted by Gasteiger charge is -2.32. The number of hydrogen-bond acceptors (Lipinski definition) is 3. The standard InChI is InChI=1S/C14H26N2S/c1-6-9-14(10-7-2,15-8-3)13-16-11(4)12(5)17-13/h15H,6-10H2,1-5H3. The van der Waals surface area contributed by atoms with Gasteiger partial charge in [0.25, 0.3) is 0 Å². The zero-order chi connectivity index (χ0) is 12.9. The van der Waals surface area contributed by atoms with Gasteiger partial charge in [-0.1, -0.05) is 33.6 Å². The summed E-state index contributed by atoms with van der Waals surface area (Å²) >= 11 is 1.87. The summed E-state index contributed by atoms with van der Waals surface area (Å²) in [4.78, 5) is 6.15. The minimum atomic E-state index is 0.113. The highest BCUT2D eigenvalue weighted by molar-refractivity contribution is 7.11. The molecule has 3 heteroatoms. The summed E-state index contributed by atoms with van der Waals surface area (Å²) in [6, 6.07) is 0. The Bertz CT molecular complexity index is 307. The van der Waals surface area contributed by atoms with Gasteiger partial charge < -0.3 is 5.32 Å². The summed E-state index contributed by atoms with van der Waals surface area (Å²) in [7, 11) is 0. The molecule has 0 saturated heterocycles. The van der Waals surface area contributed by atoms with E-state index in [1.54, 1.807) is 0 Å². The molecule has 0 fully saturated rings. The maximum Gasteiger partial charge on any atom is 0.113 e. The predicted octanol–water partition coefficient (Wildman–Crippen LogP) is 4.16. The second-order valence-corrected chi connectivity index (χ2v) is 5.98. The number of thiazole rings is 1. The summed E-state index contributed by atoms with van der Waals surface area (Å²) < 4.78 is 0. The van der Waals surface area contributed by atoms with Gasteiger partial charge in [-0.2, -0.15) is 0 Å². The molecule has 0 spiro atoms. The van der Waals surface area contributed by atoms with Crippen LogP contribution in [0.5, 0.6) is 0 Å². The smallest absolute Gasteiger partial charge is 0.113 e. The van der Waals surface area contributed by atoms with Gasteiger partial charge in [-0.05, 0) is 33.2 Å². The van der Waals surface area contributed by atoms with E-state index in [0.717, 1.165) is 6.54 Å². The molecule has 2 nitrogen and oxygen atoms in total. The zero-order valence-electron chi connectivity index (χ0n) is 11.9. The Morgan fingerprint density at radius 3 is 2.06 bits per heavy atom. The average molecular weight is 254 g/mol. The Balaban J connectivity index is 3.09. The maximum absolute atomic E-state index is 4.79. The van der Waals surface area contributed by atoms with Crippen LogP contribution in [0.4, 0.5) is 0 Å². The highest BCUT2D eigenvalue weighted by Gasteiger charge is 2.32. The fourth-order valence-corrected chi connectivity index (χ4v) is 3.60.